The van der Waals surface area contributed by atoms with Gasteiger partial charge in [-0.1, -0.05) is 6.42 Å². The summed E-state index contributed by atoms with van der Waals surface area (Å²) < 4.78 is 5.41. The third kappa shape index (κ3) is 4.24. The van der Waals surface area contributed by atoms with Crippen LogP contribution in [0.2, 0.25) is 0 Å². The van der Waals surface area contributed by atoms with E-state index in [1.165, 1.54) is 12.8 Å². The van der Waals surface area contributed by atoms with E-state index in [1.54, 1.807) is 7.11 Å². The first-order valence-corrected chi connectivity index (χ1v) is 7.63. The van der Waals surface area contributed by atoms with Gasteiger partial charge in [0.25, 0.3) is 0 Å². The third-order valence-electron chi connectivity index (χ3n) is 4.35. The Morgan fingerprint density at radius 1 is 1.30 bits per heavy atom. The van der Waals surface area contributed by atoms with Crippen molar-refractivity contribution < 1.29 is 9.53 Å². The van der Waals surface area contributed by atoms with Crippen molar-refractivity contribution in [1.82, 2.24) is 5.32 Å². The van der Waals surface area contributed by atoms with E-state index in [2.05, 4.69) is 15.5 Å². The molecule has 0 bridgehead atoms. The van der Waals surface area contributed by atoms with Gasteiger partial charge in [0.15, 0.2) is 0 Å². The number of amides is 1. The van der Waals surface area contributed by atoms with Gasteiger partial charge in [0.05, 0.1) is 12.1 Å². The quantitative estimate of drug-likeness (QED) is 0.795. The van der Waals surface area contributed by atoms with E-state index in [4.69, 9.17) is 10.5 Å². The second kappa shape index (κ2) is 7.69. The van der Waals surface area contributed by atoms with E-state index in [0.29, 0.717) is 18.6 Å². The zero-order valence-electron chi connectivity index (χ0n) is 12.3. The Balaban J connectivity index is 1.72. The third-order valence-corrected chi connectivity index (χ3v) is 4.35. The summed E-state index contributed by atoms with van der Waals surface area (Å²) in [7, 11) is 1.77. The molecular weight excluding hydrogens is 256 g/mol. The maximum absolute atomic E-state index is 12.1. The summed E-state index contributed by atoms with van der Waals surface area (Å²) in [5, 5.41) is 11.2. The fraction of sp³-hybridized carbons (Fsp3) is 0.929. The molecule has 4 unspecified atom stereocenters. The number of hydrogen-bond donors (Lipinski definition) is 2. The molecule has 0 spiro atoms. The van der Waals surface area contributed by atoms with Crippen molar-refractivity contribution in [3.63, 3.8) is 0 Å². The minimum Gasteiger partial charge on any atom is -0.381 e. The molecule has 6 nitrogen and oxygen atoms in total. The van der Waals surface area contributed by atoms with E-state index < -0.39 is 0 Å². The summed E-state index contributed by atoms with van der Waals surface area (Å²) >= 11 is 0. The molecule has 0 saturated heterocycles. The van der Waals surface area contributed by atoms with Crippen LogP contribution in [0.5, 0.6) is 0 Å². The van der Waals surface area contributed by atoms with E-state index >= 15 is 0 Å². The van der Waals surface area contributed by atoms with E-state index in [-0.39, 0.29) is 18.0 Å². The van der Waals surface area contributed by atoms with Crippen LogP contribution in [-0.2, 0) is 9.53 Å². The van der Waals surface area contributed by atoms with Gasteiger partial charge >= 0.3 is 0 Å². The molecular formula is C14H26N4O2. The number of nitrogens with one attached hydrogen (secondary N) is 1. The van der Waals surface area contributed by atoms with Gasteiger partial charge in [-0.25, -0.2) is 0 Å². The Labute approximate surface area is 120 Å². The molecule has 2 aliphatic rings. The SMILES string of the molecule is COC1CCCC(CNC(=O)C2CCC(CN)N=N2)C1. The molecule has 1 fully saturated rings. The average molecular weight is 282 g/mol. The summed E-state index contributed by atoms with van der Waals surface area (Å²) in [5.41, 5.74) is 5.54. The van der Waals surface area contributed by atoms with Gasteiger partial charge in [0.2, 0.25) is 5.91 Å². The smallest absolute Gasteiger partial charge is 0.246 e. The number of carbonyl (C=O) groups excluding carboxylic acids is 1. The zero-order chi connectivity index (χ0) is 14.4. The monoisotopic (exact) mass is 282 g/mol. The van der Waals surface area contributed by atoms with Crippen LogP contribution in [0.15, 0.2) is 10.2 Å². The number of hydrogen-bond acceptors (Lipinski definition) is 5. The predicted molar refractivity (Wildman–Crippen MR) is 76.5 cm³/mol. The van der Waals surface area contributed by atoms with Crippen molar-refractivity contribution in [1.29, 1.82) is 0 Å². The van der Waals surface area contributed by atoms with Crippen molar-refractivity contribution in [3.8, 4) is 0 Å². The zero-order valence-corrected chi connectivity index (χ0v) is 12.3. The van der Waals surface area contributed by atoms with E-state index in [9.17, 15) is 4.79 Å². The van der Waals surface area contributed by atoms with Crippen LogP contribution in [0.25, 0.3) is 0 Å². The molecule has 4 atom stereocenters. The minimum absolute atomic E-state index is 0.00348. The summed E-state index contributed by atoms with van der Waals surface area (Å²) in [6, 6.07) is -0.223. The molecule has 1 aliphatic heterocycles. The Bertz CT molecular complexity index is 348. The minimum atomic E-state index is -0.320. The normalized spacial score (nSPS) is 33.9. The lowest BCUT2D eigenvalue weighted by molar-refractivity contribution is -0.123. The van der Waals surface area contributed by atoms with Gasteiger partial charge in [0.1, 0.15) is 6.04 Å². The lowest BCUT2D eigenvalue weighted by atomic mass is 9.87. The average Bonchev–Trinajstić information content (AvgIpc) is 2.53. The van der Waals surface area contributed by atoms with Crippen LogP contribution in [0.4, 0.5) is 0 Å². The highest BCUT2D eigenvalue weighted by atomic mass is 16.5. The molecule has 1 heterocycles. The molecule has 1 amide bonds. The first kappa shape index (κ1) is 15.4. The van der Waals surface area contributed by atoms with Crippen LogP contribution >= 0.6 is 0 Å². The molecule has 20 heavy (non-hydrogen) atoms. The molecule has 114 valence electrons. The Hall–Kier alpha value is -1.01. The first-order valence-electron chi connectivity index (χ1n) is 7.63. The number of nitrogens with two attached hydrogens (primary N) is 1. The number of carbonyl (C=O) groups is 1. The highest BCUT2D eigenvalue weighted by molar-refractivity contribution is 5.81. The second-order valence-electron chi connectivity index (χ2n) is 5.85. The standard InChI is InChI=1S/C14H26N4O2/c1-20-12-4-2-3-10(7-12)9-16-14(19)13-6-5-11(8-15)17-18-13/h10-13H,2-9,15H2,1H3,(H,16,19). The number of nitrogens with zero attached hydrogens (tertiary/aromatic N) is 2. The van der Waals surface area contributed by atoms with Crippen molar-refractivity contribution >= 4 is 5.91 Å². The fourth-order valence-electron chi connectivity index (χ4n) is 2.99. The molecule has 3 N–H and O–H groups in total. The number of azo groups is 1. The number of ether oxygens (including phenoxy) is 1. The Kier molecular flexibility index (Phi) is 5.91. The van der Waals surface area contributed by atoms with Crippen molar-refractivity contribution in [2.75, 3.05) is 20.2 Å². The van der Waals surface area contributed by atoms with Crippen LogP contribution < -0.4 is 11.1 Å². The molecule has 1 aliphatic carbocycles. The van der Waals surface area contributed by atoms with Crippen molar-refractivity contribution in [2.24, 2.45) is 21.9 Å². The first-order chi connectivity index (χ1) is 9.72. The number of methoxy groups -OCH3 is 1. The molecule has 1 saturated carbocycles. The van der Waals surface area contributed by atoms with E-state index in [0.717, 1.165) is 32.2 Å². The van der Waals surface area contributed by atoms with Crippen LogP contribution in [0.3, 0.4) is 0 Å². The summed E-state index contributed by atoms with van der Waals surface area (Å²) in [6.07, 6.45) is 6.49. The number of rotatable bonds is 5. The molecule has 6 heteroatoms. The maximum atomic E-state index is 12.1. The van der Waals surface area contributed by atoms with Gasteiger partial charge in [0, 0.05) is 20.2 Å². The topological polar surface area (TPSA) is 89.1 Å². The molecule has 0 radical (unpaired) electrons. The maximum Gasteiger partial charge on any atom is 0.246 e. The highest BCUT2D eigenvalue weighted by Crippen LogP contribution is 2.25. The lowest BCUT2D eigenvalue weighted by Gasteiger charge is -2.28. The predicted octanol–water partition coefficient (Wildman–Crippen LogP) is 1.25. The van der Waals surface area contributed by atoms with Gasteiger partial charge in [-0.15, -0.1) is 0 Å². The van der Waals surface area contributed by atoms with Crippen molar-refractivity contribution in [3.05, 3.63) is 0 Å². The molecule has 0 aromatic rings. The Morgan fingerprint density at radius 2 is 2.15 bits per heavy atom. The Morgan fingerprint density at radius 3 is 2.80 bits per heavy atom. The summed E-state index contributed by atoms with van der Waals surface area (Å²) in [6.45, 7) is 1.24. The van der Waals surface area contributed by atoms with Crippen LogP contribution in [-0.4, -0.2) is 44.3 Å². The molecule has 0 aromatic heterocycles. The van der Waals surface area contributed by atoms with E-state index in [1.807, 2.05) is 0 Å². The van der Waals surface area contributed by atoms with Gasteiger partial charge in [-0.2, -0.15) is 10.2 Å². The second-order valence-corrected chi connectivity index (χ2v) is 5.85. The van der Waals surface area contributed by atoms with Gasteiger partial charge in [-0.3, -0.25) is 4.79 Å². The largest absolute Gasteiger partial charge is 0.381 e. The fourth-order valence-corrected chi connectivity index (χ4v) is 2.99. The van der Waals surface area contributed by atoms with Crippen molar-refractivity contribution in [2.45, 2.75) is 56.7 Å². The lowest BCUT2D eigenvalue weighted by Crippen LogP contribution is -2.40. The summed E-state index contributed by atoms with van der Waals surface area (Å²) in [5.74, 6) is 0.527. The molecule has 2 rings (SSSR count). The van der Waals surface area contributed by atoms with Crippen LogP contribution in [0, 0.1) is 5.92 Å². The van der Waals surface area contributed by atoms with Gasteiger partial charge < -0.3 is 15.8 Å². The van der Waals surface area contributed by atoms with Crippen LogP contribution in [0.1, 0.15) is 38.5 Å². The highest BCUT2D eigenvalue weighted by Gasteiger charge is 2.26. The molecule has 0 aromatic carbocycles. The van der Waals surface area contributed by atoms with Gasteiger partial charge in [-0.05, 0) is 38.0 Å². The summed E-state index contributed by atoms with van der Waals surface area (Å²) in [4.78, 5) is 12.1.